The lowest BCUT2D eigenvalue weighted by Gasteiger charge is -2.34. The minimum absolute atomic E-state index is 0.128. The highest BCUT2D eigenvalue weighted by Crippen LogP contribution is 2.16. The van der Waals surface area contributed by atoms with Crippen LogP contribution in [0.1, 0.15) is 42.6 Å². The molecule has 2 N–H and O–H groups in total. The largest absolute Gasteiger partial charge is 0.349 e. The monoisotopic (exact) mass is 427 g/mol. The Bertz CT molecular complexity index is 963. The first kappa shape index (κ1) is 22.1. The number of hydrogen-bond acceptors (Lipinski definition) is 4. The van der Waals surface area contributed by atoms with E-state index in [1.165, 1.54) is 6.08 Å². The molecule has 0 aromatic heterocycles. The van der Waals surface area contributed by atoms with Crippen LogP contribution in [-0.4, -0.2) is 44.4 Å². The zero-order chi connectivity index (χ0) is 21.6. The van der Waals surface area contributed by atoms with Crippen molar-refractivity contribution in [3.8, 4) is 0 Å². The van der Waals surface area contributed by atoms with Crippen molar-refractivity contribution < 1.29 is 13.2 Å². The summed E-state index contributed by atoms with van der Waals surface area (Å²) in [5.41, 5.74) is 1.73. The van der Waals surface area contributed by atoms with Gasteiger partial charge in [-0.2, -0.15) is 0 Å². The zero-order valence-corrected chi connectivity index (χ0v) is 18.2. The summed E-state index contributed by atoms with van der Waals surface area (Å²) in [6, 6.07) is 16.4. The Hall–Kier alpha value is -2.64. The topological polar surface area (TPSA) is 78.5 Å². The highest BCUT2D eigenvalue weighted by atomic mass is 32.2. The summed E-state index contributed by atoms with van der Waals surface area (Å²) in [6.07, 6.45) is 3.42. The Labute approximate surface area is 179 Å². The molecule has 6 nitrogen and oxygen atoms in total. The van der Waals surface area contributed by atoms with E-state index < -0.39 is 10.0 Å². The minimum atomic E-state index is -3.64. The molecule has 0 radical (unpaired) electrons. The van der Waals surface area contributed by atoms with Crippen molar-refractivity contribution in [2.45, 2.75) is 38.8 Å². The third kappa shape index (κ3) is 6.43. The van der Waals surface area contributed by atoms with Crippen LogP contribution in [0.15, 0.2) is 60.0 Å². The van der Waals surface area contributed by atoms with Crippen molar-refractivity contribution in [1.29, 1.82) is 0 Å². The lowest BCUT2D eigenvalue weighted by atomic mass is 10.0. The number of nitrogens with one attached hydrogen (secondary N) is 2. The summed E-state index contributed by atoms with van der Waals surface area (Å²) in [4.78, 5) is 14.9. The van der Waals surface area contributed by atoms with Gasteiger partial charge in [0.05, 0.1) is 5.41 Å². The van der Waals surface area contributed by atoms with E-state index in [4.69, 9.17) is 0 Å². The van der Waals surface area contributed by atoms with Gasteiger partial charge in [0.1, 0.15) is 0 Å². The second-order valence-corrected chi connectivity index (χ2v) is 9.38. The number of piperidine rings is 1. The Kier molecular flexibility index (Phi) is 7.29. The van der Waals surface area contributed by atoms with Crippen molar-refractivity contribution in [3.63, 3.8) is 0 Å². The van der Waals surface area contributed by atoms with E-state index >= 15 is 0 Å². The minimum Gasteiger partial charge on any atom is -0.349 e. The second kappa shape index (κ2) is 9.91. The molecule has 7 heteroatoms. The van der Waals surface area contributed by atoms with Crippen molar-refractivity contribution in [2.75, 3.05) is 17.8 Å². The number of nitrogens with zero attached hydrogens (tertiary/aromatic N) is 1. The van der Waals surface area contributed by atoms with E-state index in [2.05, 4.69) is 28.8 Å². The molecular weight excluding hydrogens is 398 g/mol. The predicted molar refractivity (Wildman–Crippen MR) is 122 cm³/mol. The number of sulfonamides is 1. The number of hydrogen-bond donors (Lipinski definition) is 2. The molecule has 30 heavy (non-hydrogen) atoms. The molecule has 3 rings (SSSR count). The van der Waals surface area contributed by atoms with E-state index in [0.29, 0.717) is 17.3 Å². The molecule has 0 atom stereocenters. The van der Waals surface area contributed by atoms with Crippen LogP contribution in [-0.2, 0) is 10.0 Å². The molecule has 1 aliphatic rings. The van der Waals surface area contributed by atoms with Crippen molar-refractivity contribution >= 4 is 27.7 Å². The normalized spacial score (nSPS) is 16.1. The lowest BCUT2D eigenvalue weighted by molar-refractivity contribution is 0.0900. The molecule has 160 valence electrons. The van der Waals surface area contributed by atoms with Crippen LogP contribution in [0.25, 0.3) is 6.08 Å². The van der Waals surface area contributed by atoms with Crippen molar-refractivity contribution in [1.82, 2.24) is 10.2 Å². The van der Waals surface area contributed by atoms with Crippen molar-refractivity contribution in [2.24, 2.45) is 0 Å². The van der Waals surface area contributed by atoms with Gasteiger partial charge in [-0.25, -0.2) is 8.42 Å². The van der Waals surface area contributed by atoms with Crippen LogP contribution in [0.4, 0.5) is 5.69 Å². The van der Waals surface area contributed by atoms with E-state index in [-0.39, 0.29) is 11.9 Å². The number of amides is 1. The fraction of sp³-hybridized carbons (Fsp3) is 0.348. The predicted octanol–water partition coefficient (Wildman–Crippen LogP) is 3.70. The molecule has 1 saturated heterocycles. The van der Waals surface area contributed by atoms with E-state index in [1.807, 2.05) is 30.3 Å². The Balaban J connectivity index is 1.54. The lowest BCUT2D eigenvalue weighted by Crippen LogP contribution is -2.46. The second-order valence-electron chi connectivity index (χ2n) is 7.82. The molecule has 2 aromatic carbocycles. The Morgan fingerprint density at radius 1 is 1.03 bits per heavy atom. The average Bonchev–Trinajstić information content (AvgIpc) is 2.74. The smallest absolute Gasteiger partial charge is 0.255 e. The molecule has 1 aliphatic heterocycles. The van der Waals surface area contributed by atoms with Crippen LogP contribution in [0, 0.1) is 0 Å². The highest BCUT2D eigenvalue weighted by Gasteiger charge is 2.22. The Morgan fingerprint density at radius 2 is 1.67 bits per heavy atom. The molecule has 0 spiro atoms. The fourth-order valence-electron chi connectivity index (χ4n) is 3.45. The molecule has 0 aliphatic carbocycles. The highest BCUT2D eigenvalue weighted by molar-refractivity contribution is 7.95. The summed E-state index contributed by atoms with van der Waals surface area (Å²) in [5.74, 6) is -0.128. The summed E-state index contributed by atoms with van der Waals surface area (Å²) >= 11 is 0. The van der Waals surface area contributed by atoms with E-state index in [9.17, 15) is 13.2 Å². The SMILES string of the molecule is CC(C)N1CCC(NC(=O)c2ccc(NS(=O)(=O)/C=C/c3ccccc3)cc2)CC1. The summed E-state index contributed by atoms with van der Waals surface area (Å²) in [7, 11) is -3.64. The molecule has 0 unspecified atom stereocenters. The molecular formula is C23H29N3O3S. The average molecular weight is 428 g/mol. The number of rotatable bonds is 7. The van der Waals surface area contributed by atoms with Gasteiger partial charge in [-0.1, -0.05) is 30.3 Å². The molecule has 1 fully saturated rings. The first-order valence-corrected chi connectivity index (χ1v) is 11.8. The number of likely N-dealkylation sites (tertiary alicyclic amines) is 1. The van der Waals surface area contributed by atoms with E-state index in [1.54, 1.807) is 24.3 Å². The molecule has 0 saturated carbocycles. The van der Waals surface area contributed by atoms with Gasteiger partial charge in [-0.3, -0.25) is 9.52 Å². The number of carbonyl (C=O) groups is 1. The van der Waals surface area contributed by atoms with Gasteiger partial charge in [-0.05, 0) is 62.6 Å². The number of anilines is 1. The third-order valence-corrected chi connectivity index (χ3v) is 6.26. The van der Waals surface area contributed by atoms with Crippen LogP contribution in [0.2, 0.25) is 0 Å². The summed E-state index contributed by atoms with van der Waals surface area (Å²) in [6.45, 7) is 6.35. The number of benzene rings is 2. The van der Waals surface area contributed by atoms with Gasteiger partial charge >= 0.3 is 0 Å². The van der Waals surface area contributed by atoms with Crippen molar-refractivity contribution in [3.05, 3.63) is 71.1 Å². The maximum atomic E-state index is 12.5. The maximum absolute atomic E-state index is 12.5. The first-order valence-electron chi connectivity index (χ1n) is 10.2. The number of carbonyl (C=O) groups excluding carboxylic acids is 1. The standard InChI is InChI=1S/C23H29N3O3S/c1-18(2)26-15-12-21(13-16-26)24-23(27)20-8-10-22(11-9-20)25-30(28,29)17-14-19-6-4-3-5-7-19/h3-11,14,17-18,21,25H,12-13,15-16H2,1-2H3,(H,24,27)/b17-14+. The molecule has 0 bridgehead atoms. The molecule has 2 aromatic rings. The van der Waals surface area contributed by atoms with Gasteiger partial charge in [0.2, 0.25) is 0 Å². The maximum Gasteiger partial charge on any atom is 0.255 e. The van der Waals surface area contributed by atoms with Crippen LogP contribution >= 0.6 is 0 Å². The van der Waals surface area contributed by atoms with E-state index in [0.717, 1.165) is 36.9 Å². The summed E-state index contributed by atoms with van der Waals surface area (Å²) < 4.78 is 27.0. The third-order valence-electron chi connectivity index (χ3n) is 5.24. The van der Waals surface area contributed by atoms with Gasteiger partial charge in [0.15, 0.2) is 0 Å². The summed E-state index contributed by atoms with van der Waals surface area (Å²) in [5, 5.41) is 4.22. The quantitative estimate of drug-likeness (QED) is 0.706. The first-order chi connectivity index (χ1) is 14.3. The Morgan fingerprint density at radius 3 is 2.27 bits per heavy atom. The van der Waals surface area contributed by atoms with Crippen LogP contribution in [0.3, 0.4) is 0 Å². The zero-order valence-electron chi connectivity index (χ0n) is 17.4. The molecule has 1 heterocycles. The van der Waals surface area contributed by atoms with Gasteiger partial charge in [0.25, 0.3) is 15.9 Å². The van der Waals surface area contributed by atoms with Gasteiger partial charge in [0, 0.05) is 36.4 Å². The van der Waals surface area contributed by atoms with Gasteiger partial charge in [-0.15, -0.1) is 0 Å². The fourth-order valence-corrected chi connectivity index (χ4v) is 4.32. The van der Waals surface area contributed by atoms with Crippen LogP contribution < -0.4 is 10.0 Å². The van der Waals surface area contributed by atoms with Crippen LogP contribution in [0.5, 0.6) is 0 Å². The van der Waals surface area contributed by atoms with Gasteiger partial charge < -0.3 is 10.2 Å². The molecule has 1 amide bonds.